The number of piperazine rings is 1. The molecule has 9 aliphatic rings. The predicted molar refractivity (Wildman–Crippen MR) is 277 cm³/mol. The lowest BCUT2D eigenvalue weighted by Crippen LogP contribution is -2.72. The van der Waals surface area contributed by atoms with Crippen LogP contribution in [0, 0.1) is 11.3 Å². The number of amides is 2. The molecule has 17 nitrogen and oxygen atoms in total. The maximum Gasteiger partial charge on any atom is 0.325 e. The van der Waals surface area contributed by atoms with E-state index < -0.39 is 29.6 Å². The van der Waals surface area contributed by atoms with Crippen LogP contribution >= 0.6 is 11.3 Å². The first kappa shape index (κ1) is 49.4. The number of carbonyl (C=O) groups is 3. The Labute approximate surface area is 432 Å². The number of cyclic esters (lactones) is 1. The quantitative estimate of drug-likeness (QED) is 0.158. The summed E-state index contributed by atoms with van der Waals surface area (Å²) >= 11 is 1.53. The molecule has 2 aliphatic carbocycles. The second kappa shape index (κ2) is 20.5. The Morgan fingerprint density at radius 1 is 0.973 bits per heavy atom. The van der Waals surface area contributed by atoms with Crippen molar-refractivity contribution < 1.29 is 38.1 Å². The van der Waals surface area contributed by atoms with Gasteiger partial charge in [-0.25, -0.2) is 10.4 Å². The number of nitrogens with zero attached hydrogens (tertiary/aromatic N) is 7. The first-order chi connectivity index (χ1) is 35.5. The van der Waals surface area contributed by atoms with Crippen molar-refractivity contribution in [3.8, 4) is 22.5 Å². The molecule has 0 radical (unpaired) electrons. The summed E-state index contributed by atoms with van der Waals surface area (Å²) in [5.41, 5.74) is 10.8. The van der Waals surface area contributed by atoms with Crippen LogP contribution in [0.4, 0.5) is 5.69 Å². The molecule has 0 spiro atoms. The number of carbonyl (C=O) groups excluding carboxylic acids is 3. The van der Waals surface area contributed by atoms with Crippen molar-refractivity contribution in [2.75, 3.05) is 84.3 Å². The van der Waals surface area contributed by atoms with E-state index in [1.54, 1.807) is 12.1 Å². The molecular formula is C55H73N9O8S. The highest BCUT2D eigenvalue weighted by molar-refractivity contribution is 7.10. The van der Waals surface area contributed by atoms with Crippen LogP contribution in [-0.2, 0) is 51.0 Å². The summed E-state index contributed by atoms with van der Waals surface area (Å²) in [5.74, 6) is -0.910. The maximum atomic E-state index is 15.2. The van der Waals surface area contributed by atoms with Gasteiger partial charge in [0, 0.05) is 104 Å². The van der Waals surface area contributed by atoms with Crippen molar-refractivity contribution in [3.05, 3.63) is 52.1 Å². The third kappa shape index (κ3) is 9.84. The van der Waals surface area contributed by atoms with Gasteiger partial charge < -0.3 is 38.5 Å². The predicted octanol–water partition coefficient (Wildman–Crippen LogP) is 6.04. The lowest BCUT2D eigenvalue weighted by Gasteiger charge is -2.53. The Kier molecular flexibility index (Phi) is 13.9. The van der Waals surface area contributed by atoms with E-state index >= 15 is 4.79 Å². The molecule has 0 unspecified atom stereocenters. The van der Waals surface area contributed by atoms with E-state index in [4.69, 9.17) is 33.7 Å². The number of rotatable bonds is 12. The number of anilines is 1. The summed E-state index contributed by atoms with van der Waals surface area (Å²) in [6.07, 6.45) is 10.1. The second-order valence-electron chi connectivity index (χ2n) is 22.7. The number of methoxy groups -OCH3 is 1. The van der Waals surface area contributed by atoms with Crippen molar-refractivity contribution in [1.29, 1.82) is 0 Å². The Morgan fingerprint density at radius 3 is 2.48 bits per heavy atom. The number of pyridine rings is 1. The number of hydrogen-bond acceptors (Lipinski definition) is 15. The number of nitrogens with one attached hydrogen (secondary N) is 2. The Morgan fingerprint density at radius 2 is 1.75 bits per heavy atom. The Balaban J connectivity index is 1.01. The number of fused-ring (bicyclic) bond motifs is 4. The average molecular weight is 1020 g/mol. The van der Waals surface area contributed by atoms with E-state index in [2.05, 4.69) is 80.4 Å². The van der Waals surface area contributed by atoms with Crippen molar-refractivity contribution in [2.24, 2.45) is 11.3 Å². The fourth-order valence-corrected chi connectivity index (χ4v) is 13.5. The zero-order chi connectivity index (χ0) is 50.0. The number of likely N-dealkylation sites (tertiary alicyclic amines) is 1. The van der Waals surface area contributed by atoms with Gasteiger partial charge in [-0.05, 0) is 107 Å². The van der Waals surface area contributed by atoms with Crippen LogP contribution < -0.4 is 15.6 Å². The molecular weight excluding hydrogens is 947 g/mol. The largest absolute Gasteiger partial charge is 0.464 e. The summed E-state index contributed by atoms with van der Waals surface area (Å²) < 4.78 is 33.0. The highest BCUT2D eigenvalue weighted by atomic mass is 32.1. The van der Waals surface area contributed by atoms with Gasteiger partial charge >= 0.3 is 5.97 Å². The lowest BCUT2D eigenvalue weighted by molar-refractivity contribution is -0.172. The third-order valence-corrected chi connectivity index (χ3v) is 18.1. The average Bonchev–Trinajstić information content (AvgIpc) is 3.72. The number of thiazole rings is 1. The molecule has 2 N–H and O–H groups in total. The Bertz CT molecular complexity index is 2680. The first-order valence-electron chi connectivity index (χ1n) is 27.2. The summed E-state index contributed by atoms with van der Waals surface area (Å²) in [4.78, 5) is 61.7. The molecule has 6 saturated heterocycles. The van der Waals surface area contributed by atoms with E-state index in [1.807, 2.05) is 6.20 Å². The number of hydrogen-bond donors (Lipinski definition) is 2. The topological polar surface area (TPSA) is 165 Å². The summed E-state index contributed by atoms with van der Waals surface area (Å²) in [7, 11) is 1.75. The van der Waals surface area contributed by atoms with E-state index in [9.17, 15) is 9.59 Å². The van der Waals surface area contributed by atoms with Crippen LogP contribution in [0.15, 0.2) is 35.8 Å². The Hall–Kier alpha value is -4.53. The molecule has 5 atom stereocenters. The fourth-order valence-electron chi connectivity index (χ4n) is 12.6. The minimum absolute atomic E-state index is 0.0339. The van der Waals surface area contributed by atoms with Crippen LogP contribution in [0.25, 0.3) is 33.4 Å². The fraction of sp³-hybridized carbons (Fsp3) is 0.655. The molecule has 7 aliphatic heterocycles. The molecule has 2 saturated carbocycles. The van der Waals surface area contributed by atoms with Gasteiger partial charge in [0.2, 0.25) is 5.91 Å². The zero-order valence-electron chi connectivity index (χ0n) is 43.0. The molecule has 1 aromatic carbocycles. The first-order valence-corrected chi connectivity index (χ1v) is 28.1. The lowest BCUT2D eigenvalue weighted by atomic mass is 9.73. The number of ether oxygens (including phenoxy) is 5. The summed E-state index contributed by atoms with van der Waals surface area (Å²) in [6, 6.07) is 7.41. The number of esters is 1. The van der Waals surface area contributed by atoms with Gasteiger partial charge in [-0.3, -0.25) is 34.2 Å². The van der Waals surface area contributed by atoms with E-state index in [-0.39, 0.29) is 48.6 Å². The summed E-state index contributed by atoms with van der Waals surface area (Å²) in [6.45, 7) is 15.1. The third-order valence-electron chi connectivity index (χ3n) is 17.1. The van der Waals surface area contributed by atoms with Crippen molar-refractivity contribution in [3.63, 3.8) is 0 Å². The molecule has 2 amide bonds. The molecule has 10 heterocycles. The molecule has 13 rings (SSSR count). The number of aromatic nitrogens is 3. The van der Waals surface area contributed by atoms with Crippen molar-refractivity contribution in [2.45, 2.75) is 140 Å². The number of benzene rings is 1. The van der Waals surface area contributed by atoms with Gasteiger partial charge in [0.15, 0.2) is 0 Å². The van der Waals surface area contributed by atoms with Crippen LogP contribution in [0.3, 0.4) is 0 Å². The highest BCUT2D eigenvalue weighted by Gasteiger charge is 2.53. The second-order valence-corrected chi connectivity index (χ2v) is 23.6. The summed E-state index contributed by atoms with van der Waals surface area (Å²) in [5, 5.41) is 8.76. The monoisotopic (exact) mass is 1020 g/mol. The molecule has 8 fully saturated rings. The molecule has 392 valence electrons. The molecule has 8 bridgehead atoms. The molecule has 73 heavy (non-hydrogen) atoms. The van der Waals surface area contributed by atoms with Gasteiger partial charge in [0.25, 0.3) is 5.91 Å². The van der Waals surface area contributed by atoms with Gasteiger partial charge in [-0.1, -0.05) is 19.9 Å². The van der Waals surface area contributed by atoms with Gasteiger partial charge in [-0.2, -0.15) is 0 Å². The minimum Gasteiger partial charge on any atom is -0.464 e. The van der Waals surface area contributed by atoms with Crippen LogP contribution in [-0.4, -0.2) is 163 Å². The van der Waals surface area contributed by atoms with E-state index in [0.717, 1.165) is 126 Å². The number of hydrazine groups is 1. The zero-order valence-corrected chi connectivity index (χ0v) is 43.8. The smallest absolute Gasteiger partial charge is 0.325 e. The van der Waals surface area contributed by atoms with Crippen LogP contribution in [0.1, 0.15) is 107 Å². The van der Waals surface area contributed by atoms with E-state index in [0.29, 0.717) is 58.7 Å². The van der Waals surface area contributed by atoms with Crippen LogP contribution in [0.5, 0.6) is 0 Å². The minimum atomic E-state index is -0.975. The van der Waals surface area contributed by atoms with Crippen molar-refractivity contribution in [1.82, 2.24) is 40.1 Å². The van der Waals surface area contributed by atoms with E-state index in [1.165, 1.54) is 24.2 Å². The molecule has 4 aromatic rings. The van der Waals surface area contributed by atoms with Gasteiger partial charge in [-0.15, -0.1) is 11.3 Å². The SMILES string of the molecule is CO[C@@H](C)c1ncc(N2CCN(C3CC3)CC2)cc1-c1c2c3cc(ccc3n1CCOC1CCOCC1)-c1csc(n1)[C@@H](N1CCCC1)[C@H](NC(=O)[C@@H]1CCO1)C(=O)N1N[C@H](C(=O)OCC(C)(C)C2)C2CC1C2. The molecule has 18 heteroatoms. The standard InChI is InChI=1S/C55H73N9O8S/c1-33(68-4)46-41(28-38(30-56-46)61-18-16-60(17-19-61)36-8-9-36)49-42-29-55(2,3)32-72-54(67)47-35-25-37(26-35)64(59-47)53(66)48(58-51(65)45-13-23-71-45)50(62-14-5-6-15-62)52-57-43(31-73-52)34-7-10-44(40(42)27-34)63(49)20-24-70-39-11-21-69-22-12-39/h7,10,27-28,30-31,33,35-37,39,45,47-48,50,59H,5-6,8-9,11-26,29,32H2,1-4H3,(H,58,65)/t33-,35?,37?,45-,47-,48-,50-/m0/s1. The molecule has 3 aromatic heterocycles. The highest BCUT2D eigenvalue weighted by Crippen LogP contribution is 2.45. The van der Waals surface area contributed by atoms with Crippen LogP contribution in [0.2, 0.25) is 0 Å². The maximum absolute atomic E-state index is 15.2. The van der Waals surface area contributed by atoms with Gasteiger partial charge in [0.05, 0.1) is 67.0 Å². The normalized spacial score (nSPS) is 28.6. The van der Waals surface area contributed by atoms with Gasteiger partial charge in [0.1, 0.15) is 23.2 Å². The van der Waals surface area contributed by atoms with Crippen molar-refractivity contribution >= 4 is 45.7 Å².